The number of rotatable bonds is 0. The lowest BCUT2D eigenvalue weighted by Gasteiger charge is -2.30. The van der Waals surface area contributed by atoms with Gasteiger partial charge < -0.3 is 10.5 Å². The summed E-state index contributed by atoms with van der Waals surface area (Å²) in [5.74, 6) is 0. The summed E-state index contributed by atoms with van der Waals surface area (Å²) in [6, 6.07) is 0.265. The van der Waals surface area contributed by atoms with Crippen LogP contribution in [0, 0.1) is 0 Å². The minimum atomic E-state index is 0.258. The molecule has 0 aromatic rings. The molecule has 2 heteroatoms. The van der Waals surface area contributed by atoms with Crippen LogP contribution in [0.15, 0.2) is 0 Å². The highest BCUT2D eigenvalue weighted by Gasteiger charge is 2.21. The molecule has 0 spiro atoms. The second-order valence-electron chi connectivity index (χ2n) is 2.89. The summed E-state index contributed by atoms with van der Waals surface area (Å²) in [7, 11) is 0. The Morgan fingerprint density at radius 3 is 2.44 bits per heavy atom. The van der Waals surface area contributed by atoms with Crippen LogP contribution < -0.4 is 5.73 Å². The van der Waals surface area contributed by atoms with Crippen LogP contribution >= 0.6 is 0 Å². The molecule has 54 valence electrons. The van der Waals surface area contributed by atoms with Crippen LogP contribution in [0.4, 0.5) is 0 Å². The first kappa shape index (κ1) is 7.03. The molecule has 1 rings (SSSR count). The predicted octanol–water partition coefficient (Wildman–Crippen LogP) is 0.901. The smallest absolute Gasteiger partial charge is 0.0701 e. The van der Waals surface area contributed by atoms with E-state index in [0.717, 1.165) is 12.8 Å². The van der Waals surface area contributed by atoms with Gasteiger partial charge >= 0.3 is 0 Å². The molecule has 0 bridgehead atoms. The highest BCUT2D eigenvalue weighted by molar-refractivity contribution is 4.76. The summed E-state index contributed by atoms with van der Waals surface area (Å²) < 4.78 is 5.47. The van der Waals surface area contributed by atoms with Crippen molar-refractivity contribution in [2.45, 2.75) is 44.9 Å². The number of ether oxygens (including phenoxy) is 1. The minimum Gasteiger partial charge on any atom is -0.374 e. The summed E-state index contributed by atoms with van der Waals surface area (Å²) in [6.07, 6.45) is 2.90. The van der Waals surface area contributed by atoms with E-state index in [1.165, 1.54) is 0 Å². The van der Waals surface area contributed by atoms with Crippen molar-refractivity contribution in [1.82, 2.24) is 0 Å². The van der Waals surface area contributed by atoms with Gasteiger partial charge in [-0.3, -0.25) is 0 Å². The number of nitrogens with two attached hydrogens (primary N) is 1. The van der Waals surface area contributed by atoms with Gasteiger partial charge in [-0.05, 0) is 26.7 Å². The van der Waals surface area contributed by atoms with Gasteiger partial charge in [-0.15, -0.1) is 0 Å². The van der Waals surface area contributed by atoms with E-state index >= 15 is 0 Å². The summed E-state index contributed by atoms with van der Waals surface area (Å²) >= 11 is 0. The molecule has 2 nitrogen and oxygen atoms in total. The Kier molecular flexibility index (Phi) is 2.09. The van der Waals surface area contributed by atoms with E-state index in [9.17, 15) is 0 Å². The van der Waals surface area contributed by atoms with Crippen LogP contribution in [0.25, 0.3) is 0 Å². The van der Waals surface area contributed by atoms with Crippen molar-refractivity contribution in [3.8, 4) is 0 Å². The molecule has 9 heavy (non-hydrogen) atoms. The fourth-order valence-corrected chi connectivity index (χ4v) is 1.20. The standard InChI is InChI=1S/C7H15NO/c1-5-3-4-7(8)6(2)9-5/h5-7H,3-4,8H2,1-2H3. The Morgan fingerprint density at radius 1 is 1.33 bits per heavy atom. The van der Waals surface area contributed by atoms with E-state index in [4.69, 9.17) is 10.5 Å². The molecule has 1 aliphatic heterocycles. The Balaban J connectivity index is 2.35. The maximum absolute atomic E-state index is 5.72. The average Bonchev–Trinajstić information content (AvgIpc) is 1.80. The monoisotopic (exact) mass is 129 g/mol. The zero-order valence-electron chi connectivity index (χ0n) is 6.13. The largest absolute Gasteiger partial charge is 0.374 e. The fourth-order valence-electron chi connectivity index (χ4n) is 1.20. The molecule has 0 aromatic heterocycles. The third-order valence-electron chi connectivity index (χ3n) is 1.96. The third-order valence-corrected chi connectivity index (χ3v) is 1.96. The highest BCUT2D eigenvalue weighted by Crippen LogP contribution is 2.16. The van der Waals surface area contributed by atoms with Gasteiger partial charge in [0.15, 0.2) is 0 Å². The average molecular weight is 129 g/mol. The van der Waals surface area contributed by atoms with Gasteiger partial charge in [-0.1, -0.05) is 0 Å². The van der Waals surface area contributed by atoms with Gasteiger partial charge in [0.1, 0.15) is 0 Å². The van der Waals surface area contributed by atoms with E-state index < -0.39 is 0 Å². The first-order chi connectivity index (χ1) is 4.20. The van der Waals surface area contributed by atoms with Crippen molar-refractivity contribution in [3.05, 3.63) is 0 Å². The predicted molar refractivity (Wildman–Crippen MR) is 37.2 cm³/mol. The van der Waals surface area contributed by atoms with Crippen LogP contribution in [-0.4, -0.2) is 18.2 Å². The van der Waals surface area contributed by atoms with Gasteiger partial charge in [0.25, 0.3) is 0 Å². The Labute approximate surface area is 56.4 Å². The van der Waals surface area contributed by atoms with Crippen molar-refractivity contribution >= 4 is 0 Å². The molecular formula is C7H15NO. The molecule has 3 unspecified atom stereocenters. The number of hydrogen-bond donors (Lipinski definition) is 1. The first-order valence-corrected chi connectivity index (χ1v) is 3.61. The van der Waals surface area contributed by atoms with Crippen LogP contribution in [0.3, 0.4) is 0 Å². The van der Waals surface area contributed by atoms with Crippen molar-refractivity contribution in [3.63, 3.8) is 0 Å². The zero-order valence-corrected chi connectivity index (χ0v) is 6.13. The summed E-state index contributed by atoms with van der Waals surface area (Å²) in [4.78, 5) is 0. The lowest BCUT2D eigenvalue weighted by molar-refractivity contribution is -0.0410. The zero-order chi connectivity index (χ0) is 6.85. The van der Waals surface area contributed by atoms with E-state index in [1.54, 1.807) is 0 Å². The first-order valence-electron chi connectivity index (χ1n) is 3.61. The van der Waals surface area contributed by atoms with Crippen molar-refractivity contribution in [2.24, 2.45) is 5.73 Å². The lowest BCUT2D eigenvalue weighted by Crippen LogP contribution is -2.41. The summed E-state index contributed by atoms with van der Waals surface area (Å²) in [6.45, 7) is 4.14. The van der Waals surface area contributed by atoms with Gasteiger partial charge in [0, 0.05) is 6.04 Å². The number of hydrogen-bond acceptors (Lipinski definition) is 2. The normalized spacial score (nSPS) is 45.0. The molecule has 1 fully saturated rings. The van der Waals surface area contributed by atoms with Crippen LogP contribution in [0.2, 0.25) is 0 Å². The molecule has 0 saturated carbocycles. The van der Waals surface area contributed by atoms with E-state index in [-0.39, 0.29) is 12.1 Å². The molecular weight excluding hydrogens is 114 g/mol. The van der Waals surface area contributed by atoms with Crippen molar-refractivity contribution in [1.29, 1.82) is 0 Å². The fraction of sp³-hybridized carbons (Fsp3) is 1.00. The lowest BCUT2D eigenvalue weighted by atomic mass is 10.0. The Morgan fingerprint density at radius 2 is 2.00 bits per heavy atom. The van der Waals surface area contributed by atoms with Crippen LogP contribution in [-0.2, 0) is 4.74 Å². The maximum Gasteiger partial charge on any atom is 0.0701 e. The second-order valence-corrected chi connectivity index (χ2v) is 2.89. The van der Waals surface area contributed by atoms with E-state index in [0.29, 0.717) is 6.10 Å². The molecule has 1 saturated heterocycles. The van der Waals surface area contributed by atoms with Gasteiger partial charge in [0.2, 0.25) is 0 Å². The molecule has 1 aliphatic rings. The molecule has 0 amide bonds. The minimum absolute atomic E-state index is 0.258. The SMILES string of the molecule is CC1CCC(N)C(C)O1. The van der Waals surface area contributed by atoms with Crippen LogP contribution in [0.1, 0.15) is 26.7 Å². The molecule has 1 heterocycles. The topological polar surface area (TPSA) is 35.2 Å². The summed E-state index contributed by atoms with van der Waals surface area (Å²) in [5.41, 5.74) is 5.72. The van der Waals surface area contributed by atoms with Crippen LogP contribution in [0.5, 0.6) is 0 Å². The summed E-state index contributed by atoms with van der Waals surface area (Å²) in [5, 5.41) is 0. The van der Waals surface area contributed by atoms with Crippen molar-refractivity contribution < 1.29 is 4.74 Å². The van der Waals surface area contributed by atoms with E-state index in [1.807, 2.05) is 6.92 Å². The molecule has 0 radical (unpaired) electrons. The Hall–Kier alpha value is -0.0800. The highest BCUT2D eigenvalue weighted by atomic mass is 16.5. The molecule has 0 aromatic carbocycles. The van der Waals surface area contributed by atoms with Crippen molar-refractivity contribution in [2.75, 3.05) is 0 Å². The van der Waals surface area contributed by atoms with Gasteiger partial charge in [-0.25, -0.2) is 0 Å². The van der Waals surface area contributed by atoms with E-state index in [2.05, 4.69) is 6.92 Å². The molecule has 0 aliphatic carbocycles. The molecule has 3 atom stereocenters. The Bertz CT molecular complexity index is 94.9. The quantitative estimate of drug-likeness (QED) is 0.527. The molecule has 2 N–H and O–H groups in total. The maximum atomic E-state index is 5.72. The van der Waals surface area contributed by atoms with Gasteiger partial charge in [0.05, 0.1) is 12.2 Å². The second kappa shape index (κ2) is 2.67. The third kappa shape index (κ3) is 1.66. The van der Waals surface area contributed by atoms with Gasteiger partial charge in [-0.2, -0.15) is 0 Å².